The van der Waals surface area contributed by atoms with Crippen molar-refractivity contribution in [2.45, 2.75) is 19.9 Å². The summed E-state index contributed by atoms with van der Waals surface area (Å²) in [5.41, 5.74) is 1.86. The molecule has 1 amide bonds. The van der Waals surface area contributed by atoms with E-state index >= 15 is 0 Å². The van der Waals surface area contributed by atoms with Crippen LogP contribution >= 0.6 is 11.3 Å². The molecule has 0 aliphatic carbocycles. The van der Waals surface area contributed by atoms with Crippen LogP contribution in [0.25, 0.3) is 17.4 Å². The molecule has 46 heavy (non-hydrogen) atoms. The SMILES string of the molecule is CCOc1ccc([C@H]2C(C(=O)Nc3ccccc3)=C(C)N=c3s/c(=C\c4ccc(-c5ccc(OC)cc5[N+](=O)[O-])o4)c(=O)n32)cc1. The maximum absolute atomic E-state index is 14.1. The number of nitro benzene ring substituents is 1. The minimum atomic E-state index is -0.771. The topological polar surface area (TPSA) is 138 Å². The highest BCUT2D eigenvalue weighted by Crippen LogP contribution is 2.35. The first-order chi connectivity index (χ1) is 22.3. The van der Waals surface area contributed by atoms with Gasteiger partial charge >= 0.3 is 0 Å². The number of carbonyl (C=O) groups is 1. The van der Waals surface area contributed by atoms with Gasteiger partial charge in [-0.05, 0) is 67.9 Å². The number of thiazole rings is 1. The fourth-order valence-electron chi connectivity index (χ4n) is 5.26. The van der Waals surface area contributed by atoms with Crippen LogP contribution in [0.4, 0.5) is 11.4 Å². The number of carbonyl (C=O) groups excluding carboxylic acids is 1. The molecule has 11 nitrogen and oxygen atoms in total. The molecule has 0 spiro atoms. The van der Waals surface area contributed by atoms with E-state index in [1.807, 2.05) is 37.3 Å². The molecule has 0 saturated carbocycles. The summed E-state index contributed by atoms with van der Waals surface area (Å²) in [6.45, 7) is 4.14. The summed E-state index contributed by atoms with van der Waals surface area (Å²) >= 11 is 1.16. The molecular formula is C34H28N4O7S. The van der Waals surface area contributed by atoms with Crippen LogP contribution in [-0.2, 0) is 4.79 Å². The number of amides is 1. The number of para-hydroxylation sites is 1. The molecule has 1 atom stereocenters. The fourth-order valence-corrected chi connectivity index (χ4v) is 6.29. The van der Waals surface area contributed by atoms with Gasteiger partial charge in [0.05, 0.1) is 52.1 Å². The van der Waals surface area contributed by atoms with Crippen molar-refractivity contribution in [2.24, 2.45) is 4.99 Å². The molecular weight excluding hydrogens is 608 g/mol. The summed E-state index contributed by atoms with van der Waals surface area (Å²) in [6, 6.07) is 23.3. The second-order valence-corrected chi connectivity index (χ2v) is 11.3. The van der Waals surface area contributed by atoms with Crippen molar-refractivity contribution in [3.05, 3.63) is 137 Å². The van der Waals surface area contributed by atoms with E-state index in [4.69, 9.17) is 13.9 Å². The first-order valence-corrected chi connectivity index (χ1v) is 15.1. The normalized spacial score (nSPS) is 14.4. The molecule has 6 rings (SSSR count). The molecule has 5 aromatic rings. The number of benzene rings is 3. The largest absolute Gasteiger partial charge is 0.497 e. The number of nitrogens with one attached hydrogen (secondary N) is 1. The quantitative estimate of drug-likeness (QED) is 0.168. The Kier molecular flexibility index (Phi) is 8.36. The van der Waals surface area contributed by atoms with Gasteiger partial charge in [0.15, 0.2) is 4.80 Å². The standard InChI is InChI=1S/C34H28N4O7S/c1-4-44-23-12-10-21(11-13-23)31-30(32(39)36-22-8-6-5-7-9-22)20(2)35-34-37(31)33(40)29(46-34)19-25-15-17-28(45-25)26-16-14-24(43-3)18-27(26)38(41)42/h5-19,31H,4H2,1-3H3,(H,36,39)/b29-19-/t31-/m0/s1. The molecule has 1 N–H and O–H groups in total. The number of hydrogen-bond acceptors (Lipinski definition) is 9. The second kappa shape index (κ2) is 12.7. The van der Waals surface area contributed by atoms with Gasteiger partial charge in [-0.2, -0.15) is 0 Å². The zero-order chi connectivity index (χ0) is 32.4. The van der Waals surface area contributed by atoms with Crippen LogP contribution in [0.15, 0.2) is 110 Å². The van der Waals surface area contributed by atoms with Crippen molar-refractivity contribution in [1.82, 2.24) is 4.57 Å². The zero-order valence-corrected chi connectivity index (χ0v) is 25.9. The molecule has 1 aliphatic rings. The number of anilines is 1. The fraction of sp³-hybridized carbons (Fsp3) is 0.147. The average molecular weight is 637 g/mol. The van der Waals surface area contributed by atoms with E-state index in [2.05, 4.69) is 10.3 Å². The third-order valence-corrected chi connectivity index (χ3v) is 8.35. The van der Waals surface area contributed by atoms with E-state index < -0.39 is 11.0 Å². The molecule has 3 heterocycles. The Morgan fingerprint density at radius 3 is 2.52 bits per heavy atom. The minimum Gasteiger partial charge on any atom is -0.497 e. The molecule has 0 bridgehead atoms. The molecule has 0 saturated heterocycles. The van der Waals surface area contributed by atoms with E-state index in [9.17, 15) is 19.7 Å². The monoisotopic (exact) mass is 636 g/mol. The van der Waals surface area contributed by atoms with Crippen molar-refractivity contribution in [2.75, 3.05) is 19.0 Å². The lowest BCUT2D eigenvalue weighted by Crippen LogP contribution is -2.40. The Hall–Kier alpha value is -5.75. The number of aromatic nitrogens is 1. The number of fused-ring (bicyclic) bond motifs is 1. The van der Waals surface area contributed by atoms with Crippen molar-refractivity contribution < 1.29 is 23.6 Å². The van der Waals surface area contributed by atoms with Crippen LogP contribution in [-0.4, -0.2) is 29.1 Å². The van der Waals surface area contributed by atoms with Crippen molar-refractivity contribution in [3.8, 4) is 22.8 Å². The number of nitrogens with zero attached hydrogens (tertiary/aromatic N) is 3. The summed E-state index contributed by atoms with van der Waals surface area (Å²) in [7, 11) is 1.43. The molecule has 2 aromatic heterocycles. The highest BCUT2D eigenvalue weighted by atomic mass is 32.1. The Morgan fingerprint density at radius 1 is 1.09 bits per heavy atom. The minimum absolute atomic E-state index is 0.174. The molecule has 0 radical (unpaired) electrons. The lowest BCUT2D eigenvalue weighted by molar-refractivity contribution is -0.384. The number of rotatable bonds is 9. The lowest BCUT2D eigenvalue weighted by atomic mass is 9.95. The van der Waals surface area contributed by atoms with Crippen LogP contribution in [0.2, 0.25) is 0 Å². The molecule has 3 aromatic carbocycles. The third-order valence-electron chi connectivity index (χ3n) is 7.37. The summed E-state index contributed by atoms with van der Waals surface area (Å²) in [5, 5.41) is 14.7. The molecule has 0 unspecified atom stereocenters. The van der Waals surface area contributed by atoms with Gasteiger partial charge in [0.1, 0.15) is 23.0 Å². The average Bonchev–Trinajstić information content (AvgIpc) is 3.64. The van der Waals surface area contributed by atoms with Gasteiger partial charge in [-0.1, -0.05) is 41.7 Å². The summed E-state index contributed by atoms with van der Waals surface area (Å²) in [4.78, 5) is 44.1. The maximum atomic E-state index is 14.1. The number of nitro groups is 1. The van der Waals surface area contributed by atoms with Gasteiger partial charge in [0.25, 0.3) is 17.2 Å². The van der Waals surface area contributed by atoms with Gasteiger partial charge in [-0.25, -0.2) is 4.99 Å². The van der Waals surface area contributed by atoms with Gasteiger partial charge in [0.2, 0.25) is 0 Å². The van der Waals surface area contributed by atoms with E-state index in [1.165, 1.54) is 17.7 Å². The van der Waals surface area contributed by atoms with Gasteiger partial charge in [-0.15, -0.1) is 0 Å². The predicted octanol–water partition coefficient (Wildman–Crippen LogP) is 5.45. The molecule has 12 heteroatoms. The Balaban J connectivity index is 1.44. The van der Waals surface area contributed by atoms with Gasteiger partial charge in [0, 0.05) is 11.8 Å². The molecule has 232 valence electrons. The number of allylic oxidation sites excluding steroid dienone is 1. The van der Waals surface area contributed by atoms with E-state index in [0.717, 1.165) is 11.3 Å². The van der Waals surface area contributed by atoms with Crippen molar-refractivity contribution >= 4 is 34.7 Å². The summed E-state index contributed by atoms with van der Waals surface area (Å²) in [6.07, 6.45) is 1.57. The zero-order valence-electron chi connectivity index (χ0n) is 25.1. The van der Waals surface area contributed by atoms with Crippen LogP contribution in [0.5, 0.6) is 11.5 Å². The van der Waals surface area contributed by atoms with Crippen LogP contribution in [0, 0.1) is 10.1 Å². The third kappa shape index (κ3) is 5.85. The highest BCUT2D eigenvalue weighted by molar-refractivity contribution is 7.07. The van der Waals surface area contributed by atoms with Gasteiger partial charge in [-0.3, -0.25) is 24.3 Å². The highest BCUT2D eigenvalue weighted by Gasteiger charge is 2.32. The first kappa shape index (κ1) is 30.3. The lowest BCUT2D eigenvalue weighted by Gasteiger charge is -2.25. The summed E-state index contributed by atoms with van der Waals surface area (Å²) < 4.78 is 18.5. The maximum Gasteiger partial charge on any atom is 0.284 e. The number of methoxy groups -OCH3 is 1. The predicted molar refractivity (Wildman–Crippen MR) is 174 cm³/mol. The van der Waals surface area contributed by atoms with E-state index in [1.54, 1.807) is 61.5 Å². The second-order valence-electron chi connectivity index (χ2n) is 10.2. The first-order valence-electron chi connectivity index (χ1n) is 14.3. The smallest absolute Gasteiger partial charge is 0.284 e. The Labute approximate surface area is 266 Å². The Bertz CT molecular complexity index is 2160. The van der Waals surface area contributed by atoms with Crippen molar-refractivity contribution in [1.29, 1.82) is 0 Å². The van der Waals surface area contributed by atoms with E-state index in [-0.39, 0.29) is 28.5 Å². The van der Waals surface area contributed by atoms with Gasteiger partial charge < -0.3 is 19.2 Å². The molecule has 1 aliphatic heterocycles. The molecule has 0 fully saturated rings. The van der Waals surface area contributed by atoms with E-state index in [0.29, 0.717) is 55.7 Å². The van der Waals surface area contributed by atoms with Crippen LogP contribution in [0.3, 0.4) is 0 Å². The Morgan fingerprint density at radius 2 is 1.83 bits per heavy atom. The number of furan rings is 1. The summed E-state index contributed by atoms with van der Waals surface area (Å²) in [5.74, 6) is 1.22. The number of hydrogen-bond donors (Lipinski definition) is 1. The number of ether oxygens (including phenoxy) is 2. The van der Waals surface area contributed by atoms with Crippen LogP contribution in [0.1, 0.15) is 31.2 Å². The van der Waals surface area contributed by atoms with Crippen LogP contribution < -0.4 is 29.7 Å². The van der Waals surface area contributed by atoms with Crippen molar-refractivity contribution in [3.63, 3.8) is 0 Å².